The summed E-state index contributed by atoms with van der Waals surface area (Å²) in [6.07, 6.45) is 8.78. The van der Waals surface area contributed by atoms with Crippen molar-refractivity contribution in [2.75, 3.05) is 0 Å². The molecule has 24 aromatic rings. The van der Waals surface area contributed by atoms with Crippen LogP contribution in [0.5, 0.6) is 0 Å². The molecule has 0 bridgehead atoms. The minimum Gasteiger partial charge on any atom is -0.317 e. The first-order chi connectivity index (χ1) is 55.8. The van der Waals surface area contributed by atoms with Crippen molar-refractivity contribution in [1.29, 1.82) is 0 Å². The van der Waals surface area contributed by atoms with E-state index in [2.05, 4.69) is 439 Å². The number of nitrogens with zero attached hydrogens (tertiary/aromatic N) is 8. The maximum absolute atomic E-state index is 2.49. The van der Waals surface area contributed by atoms with Crippen LogP contribution in [0.4, 0.5) is 0 Å². The summed E-state index contributed by atoms with van der Waals surface area (Å²) in [6, 6.07) is 133. The molecule has 0 fully saturated rings. The predicted molar refractivity (Wildman–Crippen MR) is 473 cm³/mol. The van der Waals surface area contributed by atoms with E-state index in [1.165, 1.54) is 164 Å². The Balaban J connectivity index is 0.000000131. The van der Waals surface area contributed by atoms with Crippen molar-refractivity contribution < 1.29 is 0 Å². The smallest absolute Gasteiger partial charge is 0.0622 e. The summed E-state index contributed by atoms with van der Waals surface area (Å²) >= 11 is 0. The van der Waals surface area contributed by atoms with Gasteiger partial charge in [0.25, 0.3) is 0 Å². The van der Waals surface area contributed by atoms with E-state index in [4.69, 9.17) is 0 Å². The number of rotatable bonds is 8. The van der Waals surface area contributed by atoms with Crippen molar-refractivity contribution in [3.05, 3.63) is 400 Å². The van der Waals surface area contributed by atoms with E-state index in [1.54, 1.807) is 0 Å². The molecule has 530 valence electrons. The fourth-order valence-corrected chi connectivity index (χ4v) is 19.4. The summed E-state index contributed by atoms with van der Waals surface area (Å²) in [4.78, 5) is 0. The monoisotopic (exact) mass is 1440 g/mol. The third-order valence-corrected chi connectivity index (χ3v) is 24.6. The molecule has 0 amide bonds. The zero-order valence-corrected chi connectivity index (χ0v) is 62.0. The van der Waals surface area contributed by atoms with Crippen LogP contribution in [0.25, 0.3) is 198 Å². The molecule has 8 heteroatoms. The second-order valence-electron chi connectivity index (χ2n) is 30.9. The molecule has 0 N–H and O–H groups in total. The predicted octanol–water partition coefficient (Wildman–Crippen LogP) is 27.0. The van der Waals surface area contributed by atoms with Crippen LogP contribution < -0.4 is 0 Å². The number of aromatic nitrogens is 8. The van der Waals surface area contributed by atoms with Gasteiger partial charge in [-0.3, -0.25) is 0 Å². The Bertz CT molecular complexity index is 7950. The lowest BCUT2D eigenvalue weighted by molar-refractivity contribution is 0.661. The Morgan fingerprint density at radius 3 is 0.858 bits per heavy atom. The van der Waals surface area contributed by atoms with E-state index in [1.807, 2.05) is 0 Å². The first-order valence-corrected chi connectivity index (χ1v) is 39.0. The Morgan fingerprint density at radius 1 is 0.186 bits per heavy atom. The molecule has 0 unspecified atom stereocenters. The van der Waals surface area contributed by atoms with E-state index >= 15 is 0 Å². The molecule has 1 aliphatic rings. The molecule has 0 radical (unpaired) electrons. The Kier molecular flexibility index (Phi) is 13.4. The summed E-state index contributed by atoms with van der Waals surface area (Å²) in [5, 5.41) is 17.6. The summed E-state index contributed by atoms with van der Waals surface area (Å²) in [5.74, 6) is 0. The van der Waals surface area contributed by atoms with Crippen molar-refractivity contribution in [2.24, 2.45) is 0 Å². The van der Waals surface area contributed by atoms with Gasteiger partial charge in [-0.1, -0.05) is 196 Å². The summed E-state index contributed by atoms with van der Waals surface area (Å²) in [7, 11) is 0. The van der Waals surface area contributed by atoms with Gasteiger partial charge in [-0.15, -0.1) is 0 Å². The summed E-state index contributed by atoms with van der Waals surface area (Å²) < 4.78 is 18.9. The van der Waals surface area contributed by atoms with Crippen molar-refractivity contribution in [1.82, 2.24) is 36.5 Å². The van der Waals surface area contributed by atoms with Crippen LogP contribution in [0, 0.1) is 0 Å². The first kappa shape index (κ1) is 63.1. The fraction of sp³-hybridized carbons (Fsp3) is 0.0286. The standard InChI is InChI=1S/C55H38N4.C50H32N4/c1-55(2)46-15-7-3-14-45(46)53-47(55)28-27-44-43-13-6-10-18-50(43)59(54(44)53)40-25-21-38(22-26-40)57-32-30-36-33-51-35(34-52(36)57)29-31-56(51)37-19-23-39(24-20-37)58-48-16-8-4-11-41(48)42-12-5-9-17-49(42)58;1-2-10-40-33(9-1)17-26-44-43-13-5-8-16-47(43)54(50(40)44)39-24-20-37(21-25-39)52-30-28-35-31-48-34(32-49(35)52)27-29-51(48)36-18-22-38(23-19-36)53-45-14-6-3-11-41(45)42-12-4-7-15-46(42)53/h3-34H,1-2H3;1-32H. The Hall–Kier alpha value is -14.9. The summed E-state index contributed by atoms with van der Waals surface area (Å²) in [6.45, 7) is 4.72. The lowest BCUT2D eigenvalue weighted by Crippen LogP contribution is -2.14. The number of para-hydroxylation sites is 6. The van der Waals surface area contributed by atoms with E-state index in [0.29, 0.717) is 0 Å². The highest BCUT2D eigenvalue weighted by Gasteiger charge is 2.38. The van der Waals surface area contributed by atoms with Crippen LogP contribution in [-0.2, 0) is 5.41 Å². The van der Waals surface area contributed by atoms with Crippen molar-refractivity contribution in [3.63, 3.8) is 0 Å². The average Bonchev–Trinajstić information content (AvgIpc) is 1.54. The molecular formula is C105H70N8. The topological polar surface area (TPSA) is 39.4 Å². The van der Waals surface area contributed by atoms with Gasteiger partial charge >= 0.3 is 0 Å². The quantitative estimate of drug-likeness (QED) is 0.145. The average molecular weight is 1440 g/mol. The Labute approximate surface area is 649 Å². The van der Waals surface area contributed by atoms with Gasteiger partial charge in [0, 0.05) is 151 Å². The maximum atomic E-state index is 2.49. The van der Waals surface area contributed by atoms with Gasteiger partial charge in [0.1, 0.15) is 0 Å². The molecule has 0 atom stereocenters. The molecular weight excluding hydrogens is 1370 g/mol. The molecule has 8 aromatic heterocycles. The van der Waals surface area contributed by atoms with E-state index in [0.717, 1.165) is 45.5 Å². The van der Waals surface area contributed by atoms with Crippen molar-refractivity contribution >= 4 is 142 Å². The third-order valence-electron chi connectivity index (χ3n) is 24.6. The summed E-state index contributed by atoms with van der Waals surface area (Å²) in [5.41, 5.74) is 29.3. The molecule has 1 aliphatic carbocycles. The van der Waals surface area contributed by atoms with Crippen LogP contribution in [0.3, 0.4) is 0 Å². The third kappa shape index (κ3) is 9.32. The lowest BCUT2D eigenvalue weighted by atomic mass is 9.82. The van der Waals surface area contributed by atoms with Gasteiger partial charge in [0.15, 0.2) is 0 Å². The largest absolute Gasteiger partial charge is 0.317 e. The molecule has 0 aliphatic heterocycles. The van der Waals surface area contributed by atoms with Gasteiger partial charge in [0.2, 0.25) is 0 Å². The molecule has 16 aromatic carbocycles. The van der Waals surface area contributed by atoms with Crippen LogP contribution >= 0.6 is 0 Å². The van der Waals surface area contributed by atoms with Gasteiger partial charge in [-0.25, -0.2) is 0 Å². The van der Waals surface area contributed by atoms with Gasteiger partial charge in [0.05, 0.1) is 66.2 Å². The first-order valence-electron chi connectivity index (χ1n) is 39.0. The van der Waals surface area contributed by atoms with Gasteiger partial charge in [-0.05, 0) is 204 Å². The molecule has 0 saturated heterocycles. The van der Waals surface area contributed by atoms with Crippen molar-refractivity contribution in [2.45, 2.75) is 19.3 Å². The number of fused-ring (bicyclic) bond motifs is 22. The zero-order chi connectivity index (χ0) is 74.3. The second kappa shape index (κ2) is 24.1. The van der Waals surface area contributed by atoms with E-state index < -0.39 is 0 Å². The van der Waals surface area contributed by atoms with Crippen LogP contribution in [0.15, 0.2) is 389 Å². The molecule has 8 nitrogen and oxygen atoms in total. The van der Waals surface area contributed by atoms with Crippen LogP contribution in [-0.4, -0.2) is 36.5 Å². The van der Waals surface area contributed by atoms with Crippen LogP contribution in [0.1, 0.15) is 25.0 Å². The highest BCUT2D eigenvalue weighted by molar-refractivity contribution is 6.20. The maximum Gasteiger partial charge on any atom is 0.0622 e. The normalized spacial score (nSPS) is 12.8. The number of hydrogen-bond acceptors (Lipinski definition) is 0. The minimum absolute atomic E-state index is 0.0633. The number of hydrogen-bond donors (Lipinski definition) is 0. The van der Waals surface area contributed by atoms with E-state index in [9.17, 15) is 0 Å². The molecule has 25 rings (SSSR count). The molecule has 0 saturated carbocycles. The second-order valence-corrected chi connectivity index (χ2v) is 30.9. The SMILES string of the molecule is CC1(C)c2ccccc2-c2c1ccc1c3ccccc3n(-c3ccc(-n4ccc5cc6c(ccn6-c6ccc(-n7c8ccccc8c8ccccc87)cc6)cc54)cc3)c21.c1ccc2c(c1)ccc1c3ccccc3n(-c3ccc(-n4ccc5cc6c(ccn6-c6ccc(-n7c8ccccc8c8ccccc87)cc6)cc54)cc3)c21. The van der Waals surface area contributed by atoms with E-state index in [-0.39, 0.29) is 5.41 Å². The Morgan fingerprint density at radius 2 is 0.469 bits per heavy atom. The van der Waals surface area contributed by atoms with Gasteiger partial charge < -0.3 is 36.5 Å². The molecule has 8 heterocycles. The fourth-order valence-electron chi connectivity index (χ4n) is 19.4. The molecule has 0 spiro atoms. The highest BCUT2D eigenvalue weighted by atomic mass is 15.0. The zero-order valence-electron chi connectivity index (χ0n) is 62.0. The van der Waals surface area contributed by atoms with Crippen molar-refractivity contribution in [3.8, 4) is 56.6 Å². The highest BCUT2D eigenvalue weighted by Crippen LogP contribution is 2.53. The lowest BCUT2D eigenvalue weighted by Gasteiger charge is -2.21. The van der Waals surface area contributed by atoms with Crippen LogP contribution in [0.2, 0.25) is 0 Å². The molecule has 113 heavy (non-hydrogen) atoms. The number of benzene rings is 16. The minimum atomic E-state index is -0.0633. The van der Waals surface area contributed by atoms with Gasteiger partial charge in [-0.2, -0.15) is 0 Å².